The number of hydrogen-bond acceptors (Lipinski definition) is 2. The Labute approximate surface area is 147 Å². The van der Waals surface area contributed by atoms with E-state index in [1.54, 1.807) is 0 Å². The first-order valence-corrected chi connectivity index (χ1v) is 10.2. The van der Waals surface area contributed by atoms with Gasteiger partial charge in [0.1, 0.15) is 0 Å². The molecule has 22 heavy (non-hydrogen) atoms. The average molecular weight is 488 g/mol. The van der Waals surface area contributed by atoms with Crippen molar-refractivity contribution in [3.63, 3.8) is 0 Å². The zero-order valence-corrected chi connectivity index (χ0v) is 16.3. The number of hydrogen-bond donors (Lipinski definition) is 0. The Morgan fingerprint density at radius 3 is 2.18 bits per heavy atom. The van der Waals surface area contributed by atoms with Crippen LogP contribution in [0.3, 0.4) is 0 Å². The molecule has 2 nitrogen and oxygen atoms in total. The van der Waals surface area contributed by atoms with Gasteiger partial charge in [0.2, 0.25) is 0 Å². The summed E-state index contributed by atoms with van der Waals surface area (Å²) in [6.45, 7) is 9.11. The molecule has 0 spiro atoms. The molecular formula is C18H20IrN2P-. The molecular weight excluding hydrogens is 467 g/mol. The molecule has 1 aliphatic rings. The third-order valence-electron chi connectivity index (χ3n) is 3.53. The number of rotatable bonds is 3. The normalized spacial score (nSPS) is 14.1. The minimum Gasteiger partial charge on any atom is -0.500 e. The standard InChI is InChI=1S/C18H20N2P.Ir/c1-21(2,3)18-11-9-17(10-12-18)20-14-13-19(15-20)16-7-5-4-6-8-16;/h4-7,9-15H,1-3H3;/q-1;. The maximum absolute atomic E-state index is 3.23. The Bertz CT molecular complexity index is 632. The van der Waals surface area contributed by atoms with Crippen molar-refractivity contribution in [1.82, 2.24) is 0 Å². The molecule has 0 aromatic heterocycles. The molecule has 0 aliphatic carbocycles. The smallest absolute Gasteiger partial charge is 0.0932 e. The summed E-state index contributed by atoms with van der Waals surface area (Å²) in [5.41, 5.74) is 2.23. The van der Waals surface area contributed by atoms with Crippen molar-refractivity contribution in [1.29, 1.82) is 0 Å². The van der Waals surface area contributed by atoms with Crippen LogP contribution in [0.5, 0.6) is 0 Å². The minimum atomic E-state index is -0.942. The molecule has 0 N–H and O–H groups in total. The minimum absolute atomic E-state index is 0. The molecule has 0 saturated carbocycles. The van der Waals surface area contributed by atoms with E-state index in [1.807, 2.05) is 18.2 Å². The fraction of sp³-hybridized carbons (Fsp3) is 0.167. The van der Waals surface area contributed by atoms with E-state index in [2.05, 4.69) is 85.3 Å². The maximum atomic E-state index is 3.23. The van der Waals surface area contributed by atoms with Crippen molar-refractivity contribution in [2.75, 3.05) is 29.8 Å². The molecule has 4 heteroatoms. The summed E-state index contributed by atoms with van der Waals surface area (Å²) in [4.78, 5) is 4.20. The van der Waals surface area contributed by atoms with Crippen LogP contribution in [-0.2, 0) is 20.1 Å². The van der Waals surface area contributed by atoms with Crippen LogP contribution in [0, 0.1) is 12.7 Å². The van der Waals surface area contributed by atoms with Crippen molar-refractivity contribution in [3.8, 4) is 0 Å². The summed E-state index contributed by atoms with van der Waals surface area (Å²) < 4.78 is 0. The van der Waals surface area contributed by atoms with E-state index in [0.29, 0.717) is 0 Å². The van der Waals surface area contributed by atoms with Crippen LogP contribution in [-0.4, -0.2) is 20.0 Å². The SMILES string of the molecule is C[P+](C)(C)c1ccc(N2C=CN(c3[c-]cccc3)[CH-]2)cc1.[Ir]. The van der Waals surface area contributed by atoms with Crippen LogP contribution in [0.1, 0.15) is 0 Å². The van der Waals surface area contributed by atoms with Crippen LogP contribution in [0.2, 0.25) is 0 Å². The molecule has 2 aromatic carbocycles. The largest absolute Gasteiger partial charge is 0.500 e. The molecule has 0 fully saturated rings. The predicted octanol–water partition coefficient (Wildman–Crippen LogP) is 3.93. The predicted molar refractivity (Wildman–Crippen MR) is 94.4 cm³/mol. The Kier molecular flexibility index (Phi) is 5.45. The second-order valence-corrected chi connectivity index (χ2v) is 10.5. The number of benzene rings is 2. The van der Waals surface area contributed by atoms with Crippen molar-refractivity contribution in [2.45, 2.75) is 0 Å². The monoisotopic (exact) mass is 488 g/mol. The molecule has 0 amide bonds. The molecule has 0 bridgehead atoms. The van der Waals surface area contributed by atoms with Gasteiger partial charge in [-0.25, -0.2) is 0 Å². The second-order valence-electron chi connectivity index (χ2n) is 6.00. The molecule has 0 unspecified atom stereocenters. The Balaban J connectivity index is 0.00000176. The molecule has 1 heterocycles. The Morgan fingerprint density at radius 2 is 1.59 bits per heavy atom. The van der Waals surface area contributed by atoms with Crippen LogP contribution >= 0.6 is 7.26 Å². The van der Waals surface area contributed by atoms with Gasteiger partial charge in [-0.1, -0.05) is 0 Å². The van der Waals surface area contributed by atoms with Crippen molar-refractivity contribution in [2.24, 2.45) is 0 Å². The van der Waals surface area contributed by atoms with Crippen molar-refractivity contribution >= 4 is 23.9 Å². The zero-order chi connectivity index (χ0) is 14.9. The van der Waals surface area contributed by atoms with Gasteiger partial charge in [0.15, 0.2) is 0 Å². The van der Waals surface area contributed by atoms with Gasteiger partial charge in [0, 0.05) is 33.1 Å². The Morgan fingerprint density at radius 1 is 0.909 bits per heavy atom. The summed E-state index contributed by atoms with van der Waals surface area (Å²) in [5.74, 6) is 0. The van der Waals surface area contributed by atoms with Crippen molar-refractivity contribution in [3.05, 3.63) is 73.7 Å². The van der Waals surface area contributed by atoms with E-state index in [-0.39, 0.29) is 20.1 Å². The van der Waals surface area contributed by atoms with Crippen LogP contribution in [0.4, 0.5) is 11.4 Å². The molecule has 1 radical (unpaired) electrons. The van der Waals surface area contributed by atoms with Gasteiger partial charge in [0.05, 0.1) is 25.3 Å². The first kappa shape index (κ1) is 17.2. The van der Waals surface area contributed by atoms with Crippen LogP contribution in [0.15, 0.2) is 60.9 Å². The first-order chi connectivity index (χ1) is 10.0. The van der Waals surface area contributed by atoms with Gasteiger partial charge in [-0.05, 0) is 36.7 Å². The van der Waals surface area contributed by atoms with E-state index in [9.17, 15) is 0 Å². The molecule has 117 valence electrons. The third-order valence-corrected chi connectivity index (χ3v) is 5.38. The van der Waals surface area contributed by atoms with Gasteiger partial charge in [-0.3, -0.25) is 0 Å². The average Bonchev–Trinajstić information content (AvgIpc) is 2.97. The Hall–Kier alpha value is -1.14. The maximum Gasteiger partial charge on any atom is 0.0932 e. The van der Waals surface area contributed by atoms with Gasteiger partial charge in [0.25, 0.3) is 0 Å². The summed E-state index contributed by atoms with van der Waals surface area (Å²) in [6, 6.07) is 20.1. The van der Waals surface area contributed by atoms with Crippen LogP contribution in [0.25, 0.3) is 0 Å². The van der Waals surface area contributed by atoms with E-state index < -0.39 is 7.26 Å². The van der Waals surface area contributed by atoms with Gasteiger partial charge in [-0.15, -0.1) is 12.4 Å². The molecule has 3 rings (SSSR count). The topological polar surface area (TPSA) is 6.48 Å². The fourth-order valence-electron chi connectivity index (χ4n) is 2.27. The number of nitrogens with zero attached hydrogens (tertiary/aromatic N) is 2. The van der Waals surface area contributed by atoms with Gasteiger partial charge in [-0.2, -0.15) is 30.3 Å². The first-order valence-electron chi connectivity index (χ1n) is 7.03. The molecule has 2 aromatic rings. The van der Waals surface area contributed by atoms with E-state index in [1.165, 1.54) is 11.0 Å². The number of anilines is 2. The molecule has 1 aliphatic heterocycles. The summed E-state index contributed by atoms with van der Waals surface area (Å²) in [7, 11) is -0.942. The van der Waals surface area contributed by atoms with Gasteiger partial charge >= 0.3 is 0 Å². The van der Waals surface area contributed by atoms with E-state index in [0.717, 1.165) is 5.69 Å². The molecule has 0 saturated heterocycles. The van der Waals surface area contributed by atoms with Crippen molar-refractivity contribution < 1.29 is 20.1 Å². The summed E-state index contributed by atoms with van der Waals surface area (Å²) >= 11 is 0. The second kappa shape index (κ2) is 6.96. The van der Waals surface area contributed by atoms with E-state index in [4.69, 9.17) is 0 Å². The third kappa shape index (κ3) is 3.79. The zero-order valence-electron chi connectivity index (χ0n) is 13.0. The van der Waals surface area contributed by atoms with E-state index >= 15 is 0 Å². The van der Waals surface area contributed by atoms with Gasteiger partial charge < -0.3 is 9.80 Å². The molecule has 0 atom stereocenters. The number of para-hydroxylation sites is 1. The quantitative estimate of drug-likeness (QED) is 0.478. The van der Waals surface area contributed by atoms with Crippen LogP contribution < -0.4 is 15.1 Å². The summed E-state index contributed by atoms with van der Waals surface area (Å²) in [5, 5.41) is 1.46. The fourth-order valence-corrected chi connectivity index (χ4v) is 3.31. The summed E-state index contributed by atoms with van der Waals surface area (Å²) in [6.07, 6.45) is 4.12.